The summed E-state index contributed by atoms with van der Waals surface area (Å²) in [4.78, 5) is 23.0. The number of carbonyl (C=O) groups excluding carboxylic acids is 1. The van der Waals surface area contributed by atoms with E-state index >= 15 is 0 Å². The first-order valence-corrected chi connectivity index (χ1v) is 6.62. The number of hydrogen-bond donors (Lipinski definition) is 3. The molecule has 0 heterocycles. The van der Waals surface area contributed by atoms with Crippen LogP contribution in [-0.2, 0) is 4.79 Å². The highest BCUT2D eigenvalue weighted by molar-refractivity contribution is 5.95. The number of rotatable bonds is 5. The second-order valence-electron chi connectivity index (χ2n) is 5.43. The Morgan fingerprint density at radius 1 is 1.30 bits per heavy atom. The van der Waals surface area contributed by atoms with Crippen molar-refractivity contribution in [2.75, 3.05) is 5.32 Å². The molecule has 1 aromatic rings. The molecule has 0 aliphatic heterocycles. The normalized spacial score (nSPS) is 12.3. The van der Waals surface area contributed by atoms with Crippen molar-refractivity contribution in [1.82, 2.24) is 0 Å². The van der Waals surface area contributed by atoms with Gasteiger partial charge in [-0.15, -0.1) is 0 Å². The summed E-state index contributed by atoms with van der Waals surface area (Å²) < 4.78 is 0. The third kappa shape index (κ3) is 4.06. The second-order valence-corrected chi connectivity index (χ2v) is 5.43. The Hall–Kier alpha value is -1.88. The lowest BCUT2D eigenvalue weighted by Crippen LogP contribution is -2.31. The lowest BCUT2D eigenvalue weighted by Gasteiger charge is -2.16. The van der Waals surface area contributed by atoms with Gasteiger partial charge in [0.25, 0.3) is 0 Å². The van der Waals surface area contributed by atoms with Crippen LogP contribution in [0.4, 0.5) is 5.69 Å². The molecule has 5 nitrogen and oxygen atoms in total. The lowest BCUT2D eigenvalue weighted by molar-refractivity contribution is -0.116. The molecule has 0 saturated carbocycles. The lowest BCUT2D eigenvalue weighted by atomic mass is 10.0. The van der Waals surface area contributed by atoms with Crippen LogP contribution < -0.4 is 11.1 Å². The molecule has 0 radical (unpaired) electrons. The van der Waals surface area contributed by atoms with Gasteiger partial charge in [0.2, 0.25) is 5.91 Å². The number of aryl methyl sites for hydroxylation is 1. The monoisotopic (exact) mass is 278 g/mol. The van der Waals surface area contributed by atoms with Gasteiger partial charge in [-0.1, -0.05) is 13.8 Å². The number of carboxylic acid groups (broad SMARTS) is 1. The van der Waals surface area contributed by atoms with Crippen molar-refractivity contribution < 1.29 is 14.7 Å². The molecule has 1 aromatic carbocycles. The fourth-order valence-electron chi connectivity index (χ4n) is 1.82. The minimum Gasteiger partial charge on any atom is -0.478 e. The van der Waals surface area contributed by atoms with Gasteiger partial charge in [0.05, 0.1) is 5.56 Å². The van der Waals surface area contributed by atoms with Crippen molar-refractivity contribution in [2.24, 2.45) is 11.7 Å². The first-order chi connectivity index (χ1) is 9.22. The van der Waals surface area contributed by atoms with Crippen LogP contribution in [0.25, 0.3) is 0 Å². The number of benzene rings is 1. The Bertz CT molecular complexity index is 524. The maximum atomic E-state index is 11.9. The molecule has 0 aromatic heterocycles. The number of hydrogen-bond acceptors (Lipinski definition) is 3. The number of nitrogens with one attached hydrogen (secondary N) is 1. The van der Waals surface area contributed by atoms with Crippen LogP contribution in [0.3, 0.4) is 0 Å². The predicted octanol–water partition coefficient (Wildman–Crippen LogP) is 2.31. The van der Waals surface area contributed by atoms with Crippen LogP contribution in [0.5, 0.6) is 0 Å². The van der Waals surface area contributed by atoms with E-state index in [1.165, 1.54) is 6.07 Å². The summed E-state index contributed by atoms with van der Waals surface area (Å²) in [6, 6.07) is 3.03. The second kappa shape index (κ2) is 6.52. The number of aromatic carboxylic acids is 1. The van der Waals surface area contributed by atoms with Gasteiger partial charge in [-0.05, 0) is 43.0 Å². The van der Waals surface area contributed by atoms with E-state index in [9.17, 15) is 9.59 Å². The molecule has 0 spiro atoms. The van der Waals surface area contributed by atoms with Crippen molar-refractivity contribution in [1.29, 1.82) is 0 Å². The maximum Gasteiger partial charge on any atom is 0.336 e. The van der Waals surface area contributed by atoms with Crippen LogP contribution in [0.1, 0.15) is 41.8 Å². The van der Waals surface area contributed by atoms with Gasteiger partial charge < -0.3 is 16.2 Å². The SMILES string of the molecule is Cc1cc(NC(=O)CC(N)C(C)C)cc(C(=O)O)c1C. The molecule has 110 valence electrons. The molecule has 0 saturated heterocycles. The Morgan fingerprint density at radius 3 is 2.40 bits per heavy atom. The van der Waals surface area contributed by atoms with Crippen molar-refractivity contribution in [2.45, 2.75) is 40.2 Å². The van der Waals surface area contributed by atoms with E-state index in [4.69, 9.17) is 10.8 Å². The number of carbonyl (C=O) groups is 2. The van der Waals surface area contributed by atoms with E-state index < -0.39 is 5.97 Å². The molecule has 0 bridgehead atoms. The van der Waals surface area contributed by atoms with Crippen LogP contribution in [0, 0.1) is 19.8 Å². The Morgan fingerprint density at radius 2 is 1.90 bits per heavy atom. The quantitative estimate of drug-likeness (QED) is 0.770. The molecule has 20 heavy (non-hydrogen) atoms. The molecule has 0 fully saturated rings. The molecule has 1 amide bonds. The van der Waals surface area contributed by atoms with Gasteiger partial charge in [-0.2, -0.15) is 0 Å². The van der Waals surface area contributed by atoms with E-state index in [1.807, 2.05) is 20.8 Å². The van der Waals surface area contributed by atoms with Gasteiger partial charge in [0, 0.05) is 18.2 Å². The number of nitrogens with two attached hydrogens (primary N) is 1. The maximum absolute atomic E-state index is 11.9. The van der Waals surface area contributed by atoms with E-state index in [-0.39, 0.29) is 29.9 Å². The summed E-state index contributed by atoms with van der Waals surface area (Å²) in [5, 5.41) is 11.8. The largest absolute Gasteiger partial charge is 0.478 e. The third-order valence-corrected chi connectivity index (χ3v) is 3.46. The van der Waals surface area contributed by atoms with E-state index in [2.05, 4.69) is 5.32 Å². The molecule has 1 atom stereocenters. The van der Waals surface area contributed by atoms with Gasteiger partial charge in [0.15, 0.2) is 0 Å². The molecular weight excluding hydrogens is 256 g/mol. The number of carboxylic acids is 1. The standard InChI is InChI=1S/C15H22N2O3/c1-8(2)13(16)7-14(18)17-11-5-9(3)10(4)12(6-11)15(19)20/h5-6,8,13H,7,16H2,1-4H3,(H,17,18)(H,19,20). The minimum atomic E-state index is -0.999. The fourth-order valence-corrected chi connectivity index (χ4v) is 1.82. The van der Waals surface area contributed by atoms with Crippen LogP contribution in [-0.4, -0.2) is 23.0 Å². The van der Waals surface area contributed by atoms with E-state index in [0.717, 1.165) is 5.56 Å². The first-order valence-electron chi connectivity index (χ1n) is 6.62. The van der Waals surface area contributed by atoms with E-state index in [0.29, 0.717) is 11.3 Å². The summed E-state index contributed by atoms with van der Waals surface area (Å²) in [5.74, 6) is -0.985. The summed E-state index contributed by atoms with van der Waals surface area (Å²) in [6.45, 7) is 7.48. The Kier molecular flexibility index (Phi) is 5.27. The zero-order chi connectivity index (χ0) is 15.4. The molecule has 5 heteroatoms. The first kappa shape index (κ1) is 16.2. The number of amides is 1. The smallest absolute Gasteiger partial charge is 0.336 e. The van der Waals surface area contributed by atoms with Gasteiger partial charge in [-0.25, -0.2) is 4.79 Å². The van der Waals surface area contributed by atoms with Crippen LogP contribution in [0.15, 0.2) is 12.1 Å². The molecule has 0 aliphatic carbocycles. The average molecular weight is 278 g/mol. The molecule has 4 N–H and O–H groups in total. The van der Waals surface area contributed by atoms with E-state index in [1.54, 1.807) is 13.0 Å². The topological polar surface area (TPSA) is 92.4 Å². The third-order valence-electron chi connectivity index (χ3n) is 3.46. The molecule has 1 rings (SSSR count). The van der Waals surface area contributed by atoms with Gasteiger partial charge in [-0.3, -0.25) is 4.79 Å². The zero-order valence-electron chi connectivity index (χ0n) is 12.4. The van der Waals surface area contributed by atoms with Crippen LogP contribution >= 0.6 is 0 Å². The van der Waals surface area contributed by atoms with Crippen molar-refractivity contribution >= 4 is 17.6 Å². The Balaban J connectivity index is 2.88. The molecule has 1 unspecified atom stereocenters. The Labute approximate surface area is 119 Å². The van der Waals surface area contributed by atoms with Crippen molar-refractivity contribution in [3.8, 4) is 0 Å². The highest BCUT2D eigenvalue weighted by atomic mass is 16.4. The van der Waals surface area contributed by atoms with Crippen molar-refractivity contribution in [3.63, 3.8) is 0 Å². The summed E-state index contributed by atoms with van der Waals surface area (Å²) >= 11 is 0. The predicted molar refractivity (Wildman–Crippen MR) is 78.9 cm³/mol. The summed E-state index contributed by atoms with van der Waals surface area (Å²) in [7, 11) is 0. The average Bonchev–Trinajstić information content (AvgIpc) is 2.32. The molecular formula is C15H22N2O3. The van der Waals surface area contributed by atoms with Gasteiger partial charge >= 0.3 is 5.97 Å². The van der Waals surface area contributed by atoms with Gasteiger partial charge in [0.1, 0.15) is 0 Å². The number of anilines is 1. The highest BCUT2D eigenvalue weighted by Gasteiger charge is 2.15. The fraction of sp³-hybridized carbons (Fsp3) is 0.467. The summed E-state index contributed by atoms with van der Waals surface area (Å²) in [5.41, 5.74) is 8.07. The zero-order valence-corrected chi connectivity index (χ0v) is 12.4. The van der Waals surface area contributed by atoms with Crippen molar-refractivity contribution in [3.05, 3.63) is 28.8 Å². The molecule has 0 aliphatic rings. The van der Waals surface area contributed by atoms with Crippen LogP contribution in [0.2, 0.25) is 0 Å². The summed E-state index contributed by atoms with van der Waals surface area (Å²) in [6.07, 6.45) is 0.215. The highest BCUT2D eigenvalue weighted by Crippen LogP contribution is 2.20. The minimum absolute atomic E-state index is 0.202.